The van der Waals surface area contributed by atoms with E-state index in [1.54, 1.807) is 68.8 Å². The van der Waals surface area contributed by atoms with E-state index < -0.39 is 0 Å². The lowest BCUT2D eigenvalue weighted by Gasteiger charge is -2.18. The van der Waals surface area contributed by atoms with Gasteiger partial charge < -0.3 is 9.47 Å². The van der Waals surface area contributed by atoms with Gasteiger partial charge >= 0.3 is 0 Å². The van der Waals surface area contributed by atoms with Crippen LogP contribution in [0, 0.1) is 0 Å². The zero-order chi connectivity index (χ0) is 24.1. The molecule has 1 aliphatic rings. The number of Topliss-reactive ketones (excluding diaryl/α,β-unsaturated/α-hetero) is 1. The predicted molar refractivity (Wildman–Crippen MR) is 137 cm³/mol. The van der Waals surface area contributed by atoms with Gasteiger partial charge in [-0.2, -0.15) is 0 Å². The van der Waals surface area contributed by atoms with Crippen molar-refractivity contribution in [3.05, 3.63) is 94.6 Å². The van der Waals surface area contributed by atoms with E-state index in [2.05, 4.69) is 4.99 Å². The standard InChI is InChI=1S/C26H21ClN2O4S/c1-32-21-12-6-17(7-13-21)14-23-25(31)29(20-4-3-5-22(15-20)33-2)26(28-23)34-16-24(30)18-8-10-19(27)11-9-18/h3-15H,16H2,1-2H3. The monoisotopic (exact) mass is 492 g/mol. The van der Waals surface area contributed by atoms with Gasteiger partial charge in [0.2, 0.25) is 0 Å². The quantitative estimate of drug-likeness (QED) is 0.312. The largest absolute Gasteiger partial charge is 0.497 e. The molecular weight excluding hydrogens is 472 g/mol. The van der Waals surface area contributed by atoms with Gasteiger partial charge in [0.15, 0.2) is 11.0 Å². The molecule has 0 spiro atoms. The maximum Gasteiger partial charge on any atom is 0.283 e. The summed E-state index contributed by atoms with van der Waals surface area (Å²) in [7, 11) is 3.16. The first kappa shape index (κ1) is 23.6. The van der Waals surface area contributed by atoms with Crippen molar-refractivity contribution >= 4 is 52.0 Å². The number of thioether (sulfide) groups is 1. The van der Waals surface area contributed by atoms with Gasteiger partial charge in [0.1, 0.15) is 17.2 Å². The number of hydrogen-bond acceptors (Lipinski definition) is 6. The van der Waals surface area contributed by atoms with Crippen LogP contribution in [0.1, 0.15) is 15.9 Å². The van der Waals surface area contributed by atoms with Crippen molar-refractivity contribution in [1.82, 2.24) is 0 Å². The van der Waals surface area contributed by atoms with E-state index in [1.807, 2.05) is 24.3 Å². The number of rotatable bonds is 7. The van der Waals surface area contributed by atoms with Gasteiger partial charge in [-0.25, -0.2) is 4.99 Å². The molecule has 0 fully saturated rings. The van der Waals surface area contributed by atoms with E-state index in [0.717, 1.165) is 11.3 Å². The van der Waals surface area contributed by atoms with E-state index in [4.69, 9.17) is 21.1 Å². The second-order valence-electron chi connectivity index (χ2n) is 7.26. The molecule has 34 heavy (non-hydrogen) atoms. The fourth-order valence-corrected chi connectivity index (χ4v) is 4.31. The number of amidine groups is 1. The summed E-state index contributed by atoms with van der Waals surface area (Å²) >= 11 is 7.12. The Balaban J connectivity index is 1.63. The van der Waals surface area contributed by atoms with Crippen molar-refractivity contribution in [1.29, 1.82) is 0 Å². The van der Waals surface area contributed by atoms with E-state index >= 15 is 0 Å². The SMILES string of the molecule is COc1ccc(C=C2N=C(SCC(=O)c3ccc(Cl)cc3)N(c3cccc(OC)c3)C2=O)cc1. The van der Waals surface area contributed by atoms with Crippen molar-refractivity contribution < 1.29 is 19.1 Å². The Morgan fingerprint density at radius 2 is 1.71 bits per heavy atom. The van der Waals surface area contributed by atoms with Crippen LogP contribution < -0.4 is 14.4 Å². The second-order valence-corrected chi connectivity index (χ2v) is 8.64. The maximum atomic E-state index is 13.4. The first-order valence-electron chi connectivity index (χ1n) is 10.3. The number of carbonyl (C=O) groups is 2. The van der Waals surface area contributed by atoms with Crippen LogP contribution in [-0.2, 0) is 4.79 Å². The predicted octanol–water partition coefficient (Wildman–Crippen LogP) is 5.72. The molecule has 0 radical (unpaired) electrons. The molecule has 0 unspecified atom stereocenters. The number of anilines is 1. The second kappa shape index (κ2) is 10.6. The molecule has 1 heterocycles. The minimum Gasteiger partial charge on any atom is -0.497 e. The van der Waals surface area contributed by atoms with Crippen molar-refractivity contribution in [2.45, 2.75) is 0 Å². The molecule has 0 atom stereocenters. The topological polar surface area (TPSA) is 68.2 Å². The highest BCUT2D eigenvalue weighted by Crippen LogP contribution is 2.32. The normalized spacial score (nSPS) is 14.3. The van der Waals surface area contributed by atoms with Crippen molar-refractivity contribution in [3.63, 3.8) is 0 Å². The Labute approximate surface area is 206 Å². The average molecular weight is 493 g/mol. The molecule has 6 nitrogen and oxygen atoms in total. The molecule has 1 amide bonds. The van der Waals surface area contributed by atoms with Crippen LogP contribution in [0.3, 0.4) is 0 Å². The van der Waals surface area contributed by atoms with Gasteiger partial charge in [-0.05, 0) is 60.2 Å². The van der Waals surface area contributed by atoms with E-state index in [1.165, 1.54) is 16.7 Å². The molecule has 1 aliphatic heterocycles. The summed E-state index contributed by atoms with van der Waals surface area (Å²) in [6.45, 7) is 0. The first-order valence-corrected chi connectivity index (χ1v) is 11.7. The molecule has 4 rings (SSSR count). The van der Waals surface area contributed by atoms with Crippen LogP contribution in [0.5, 0.6) is 11.5 Å². The van der Waals surface area contributed by atoms with E-state index in [9.17, 15) is 9.59 Å². The van der Waals surface area contributed by atoms with Crippen LogP contribution in [0.2, 0.25) is 5.02 Å². The number of ether oxygens (including phenoxy) is 2. The summed E-state index contributed by atoms with van der Waals surface area (Å²) < 4.78 is 10.5. The van der Waals surface area contributed by atoms with Gasteiger partial charge in [-0.1, -0.05) is 41.6 Å². The third-order valence-electron chi connectivity index (χ3n) is 5.06. The molecule has 0 aromatic heterocycles. The average Bonchev–Trinajstić information content (AvgIpc) is 3.18. The lowest BCUT2D eigenvalue weighted by molar-refractivity contribution is -0.113. The summed E-state index contributed by atoms with van der Waals surface area (Å²) in [6.07, 6.45) is 1.71. The van der Waals surface area contributed by atoms with Crippen LogP contribution in [0.15, 0.2) is 83.5 Å². The van der Waals surface area contributed by atoms with E-state index in [0.29, 0.717) is 27.2 Å². The maximum absolute atomic E-state index is 13.4. The van der Waals surface area contributed by atoms with Gasteiger partial charge in [0, 0.05) is 16.7 Å². The van der Waals surface area contributed by atoms with Crippen LogP contribution in [0.25, 0.3) is 6.08 Å². The molecular formula is C26H21ClN2O4S. The molecule has 8 heteroatoms. The number of halogens is 1. The molecule has 3 aromatic carbocycles. The van der Waals surface area contributed by atoms with Crippen LogP contribution in [-0.4, -0.2) is 36.8 Å². The van der Waals surface area contributed by atoms with Crippen molar-refractivity contribution in [3.8, 4) is 11.5 Å². The van der Waals surface area contributed by atoms with Crippen LogP contribution in [0.4, 0.5) is 5.69 Å². The summed E-state index contributed by atoms with van der Waals surface area (Å²) in [4.78, 5) is 32.1. The molecule has 0 saturated carbocycles. The molecule has 3 aromatic rings. The third kappa shape index (κ3) is 5.32. The lowest BCUT2D eigenvalue weighted by atomic mass is 10.1. The number of ketones is 1. The van der Waals surface area contributed by atoms with Crippen LogP contribution >= 0.6 is 23.4 Å². The number of benzene rings is 3. The highest BCUT2D eigenvalue weighted by molar-refractivity contribution is 8.14. The summed E-state index contributed by atoms with van der Waals surface area (Å²) in [5, 5.41) is 0.979. The zero-order valence-electron chi connectivity index (χ0n) is 18.5. The fourth-order valence-electron chi connectivity index (χ4n) is 3.28. The lowest BCUT2D eigenvalue weighted by Crippen LogP contribution is -2.30. The van der Waals surface area contributed by atoms with Gasteiger partial charge in [-0.15, -0.1) is 0 Å². The number of aliphatic imine (C=N–C) groups is 1. The molecule has 172 valence electrons. The number of amides is 1. The fraction of sp³-hybridized carbons (Fsp3) is 0.115. The first-order chi connectivity index (χ1) is 16.5. The van der Waals surface area contributed by atoms with Gasteiger partial charge in [0.25, 0.3) is 5.91 Å². The minimum absolute atomic E-state index is 0.0880. The molecule has 0 bridgehead atoms. The third-order valence-corrected chi connectivity index (χ3v) is 6.25. The number of methoxy groups -OCH3 is 2. The Morgan fingerprint density at radius 1 is 1.00 bits per heavy atom. The Morgan fingerprint density at radius 3 is 2.38 bits per heavy atom. The van der Waals surface area contributed by atoms with E-state index in [-0.39, 0.29) is 23.1 Å². The van der Waals surface area contributed by atoms with Gasteiger partial charge in [0.05, 0.1) is 25.7 Å². The Bertz CT molecular complexity index is 1270. The van der Waals surface area contributed by atoms with Crippen molar-refractivity contribution in [2.75, 3.05) is 24.9 Å². The highest BCUT2D eigenvalue weighted by Gasteiger charge is 2.32. The summed E-state index contributed by atoms with van der Waals surface area (Å²) in [5.41, 5.74) is 2.23. The number of carbonyl (C=O) groups excluding carboxylic acids is 2. The highest BCUT2D eigenvalue weighted by atomic mass is 35.5. The van der Waals surface area contributed by atoms with Crippen molar-refractivity contribution in [2.24, 2.45) is 4.99 Å². The minimum atomic E-state index is -0.287. The number of hydrogen-bond donors (Lipinski definition) is 0. The Kier molecular flexibility index (Phi) is 7.35. The Hall–Kier alpha value is -3.55. The molecule has 0 saturated heterocycles. The summed E-state index contributed by atoms with van der Waals surface area (Å²) in [6, 6.07) is 21.2. The zero-order valence-corrected chi connectivity index (χ0v) is 20.1. The summed E-state index contributed by atoms with van der Waals surface area (Å²) in [5.74, 6) is 1.07. The smallest absolute Gasteiger partial charge is 0.283 e. The molecule has 0 aliphatic carbocycles. The molecule has 0 N–H and O–H groups in total. The number of nitrogens with zero attached hydrogens (tertiary/aromatic N) is 2. The van der Waals surface area contributed by atoms with Gasteiger partial charge in [-0.3, -0.25) is 14.5 Å².